The van der Waals surface area contributed by atoms with Crippen LogP contribution in [0.25, 0.3) is 0 Å². The number of benzene rings is 1. The first-order valence-corrected chi connectivity index (χ1v) is 11.0. The van der Waals surface area contributed by atoms with Crippen LogP contribution in [0.3, 0.4) is 0 Å². The van der Waals surface area contributed by atoms with Crippen molar-refractivity contribution in [2.24, 2.45) is 4.99 Å². The van der Waals surface area contributed by atoms with Gasteiger partial charge in [0.25, 0.3) is 0 Å². The van der Waals surface area contributed by atoms with Gasteiger partial charge in [-0.15, -0.1) is 0 Å². The lowest BCUT2D eigenvalue weighted by molar-refractivity contribution is 0.0342. The van der Waals surface area contributed by atoms with Crippen LogP contribution in [0.1, 0.15) is 55.2 Å². The summed E-state index contributed by atoms with van der Waals surface area (Å²) in [6.45, 7) is 10.3. The van der Waals surface area contributed by atoms with Gasteiger partial charge in [-0.25, -0.2) is 0 Å². The normalized spacial score (nSPS) is 15.5. The van der Waals surface area contributed by atoms with Crippen LogP contribution in [-0.4, -0.2) is 49.4 Å². The van der Waals surface area contributed by atoms with Gasteiger partial charge >= 0.3 is 0 Å². The minimum atomic E-state index is 0.463. The minimum absolute atomic E-state index is 0.463. The number of ether oxygens (including phenoxy) is 1. The lowest BCUT2D eigenvalue weighted by Gasteiger charge is -2.26. The molecule has 1 aliphatic heterocycles. The highest BCUT2D eigenvalue weighted by atomic mass is 16.5. The summed E-state index contributed by atoms with van der Waals surface area (Å²) in [6, 6.07) is 10.8. The molecule has 3 rings (SSSR count). The van der Waals surface area contributed by atoms with Crippen LogP contribution >= 0.6 is 0 Å². The zero-order chi connectivity index (χ0) is 21.2. The van der Waals surface area contributed by atoms with Crippen molar-refractivity contribution in [3.8, 4) is 0 Å². The van der Waals surface area contributed by atoms with Gasteiger partial charge in [0, 0.05) is 45.2 Å². The van der Waals surface area contributed by atoms with E-state index in [0.29, 0.717) is 19.0 Å². The molecular formula is C23H35N5O2. The number of morpholine rings is 1. The minimum Gasteiger partial charge on any atom is -0.379 e. The van der Waals surface area contributed by atoms with E-state index in [1.54, 1.807) is 7.05 Å². The third-order valence-corrected chi connectivity index (χ3v) is 5.60. The van der Waals surface area contributed by atoms with E-state index < -0.39 is 0 Å². The number of rotatable bonds is 9. The number of nitrogens with zero attached hydrogens (tertiary/aromatic N) is 3. The van der Waals surface area contributed by atoms with Crippen LogP contribution in [0.4, 0.5) is 0 Å². The van der Waals surface area contributed by atoms with E-state index in [4.69, 9.17) is 9.26 Å². The van der Waals surface area contributed by atoms with Crippen molar-refractivity contribution >= 4 is 5.96 Å². The summed E-state index contributed by atoms with van der Waals surface area (Å²) >= 11 is 0. The molecule has 2 aromatic rings. The smallest absolute Gasteiger partial charge is 0.191 e. The quantitative estimate of drug-likeness (QED) is 0.485. The predicted octanol–water partition coefficient (Wildman–Crippen LogP) is 3.28. The standard InChI is InChI=1S/C23H35N5O2/c1-4-20(5-2)22-14-21(30-27-22)16-26-23(24-3)25-15-18-7-6-8-19(13-18)17-28-9-11-29-12-10-28/h6-8,13-14,20H,4-5,9-12,15-17H2,1-3H3,(H2,24,25,26). The Hall–Kier alpha value is -2.38. The van der Waals surface area contributed by atoms with Crippen LogP contribution in [0.2, 0.25) is 0 Å². The van der Waals surface area contributed by atoms with E-state index in [1.807, 2.05) is 6.07 Å². The molecule has 164 valence electrons. The monoisotopic (exact) mass is 413 g/mol. The summed E-state index contributed by atoms with van der Waals surface area (Å²) in [7, 11) is 1.78. The number of guanidine groups is 1. The molecule has 30 heavy (non-hydrogen) atoms. The van der Waals surface area contributed by atoms with Gasteiger partial charge in [0.15, 0.2) is 11.7 Å². The first-order valence-electron chi connectivity index (χ1n) is 11.0. The topological polar surface area (TPSA) is 74.9 Å². The highest BCUT2D eigenvalue weighted by molar-refractivity contribution is 5.79. The SMILES string of the molecule is CCC(CC)c1cc(CNC(=NC)NCc2cccc(CN3CCOCC3)c2)on1. The molecule has 0 radical (unpaired) electrons. The van der Waals surface area contributed by atoms with Crippen molar-refractivity contribution in [1.82, 2.24) is 20.7 Å². The molecule has 7 nitrogen and oxygen atoms in total. The van der Waals surface area contributed by atoms with E-state index >= 15 is 0 Å². The Bertz CT molecular complexity index is 794. The third kappa shape index (κ3) is 6.57. The summed E-state index contributed by atoms with van der Waals surface area (Å²) in [5, 5.41) is 10.9. The number of aromatic nitrogens is 1. The second-order valence-electron chi connectivity index (χ2n) is 7.72. The molecule has 0 aliphatic carbocycles. The van der Waals surface area contributed by atoms with Gasteiger partial charge in [-0.2, -0.15) is 0 Å². The van der Waals surface area contributed by atoms with Crippen LogP contribution in [0, 0.1) is 0 Å². The Kier molecular flexibility index (Phi) is 8.71. The molecule has 0 spiro atoms. The van der Waals surface area contributed by atoms with Gasteiger partial charge in [-0.05, 0) is 24.0 Å². The Balaban J connectivity index is 1.48. The van der Waals surface area contributed by atoms with Crippen LogP contribution in [0.15, 0.2) is 39.8 Å². The third-order valence-electron chi connectivity index (χ3n) is 5.60. The Labute approximate surface area is 179 Å². The van der Waals surface area contributed by atoms with E-state index in [2.05, 4.69) is 63.8 Å². The largest absolute Gasteiger partial charge is 0.379 e. The number of hydrogen-bond acceptors (Lipinski definition) is 5. The first kappa shape index (κ1) is 22.3. The maximum absolute atomic E-state index is 5.49. The lowest BCUT2D eigenvalue weighted by Crippen LogP contribution is -2.36. The molecule has 1 aliphatic rings. The molecule has 1 fully saturated rings. The summed E-state index contributed by atoms with van der Waals surface area (Å²) in [5.41, 5.74) is 3.60. The van der Waals surface area contributed by atoms with Crippen molar-refractivity contribution in [3.05, 3.63) is 52.9 Å². The Morgan fingerprint density at radius 2 is 1.83 bits per heavy atom. The number of aliphatic imine (C=N–C) groups is 1. The van der Waals surface area contributed by atoms with Gasteiger partial charge in [0.05, 0.1) is 25.5 Å². The molecule has 1 aromatic heterocycles. The molecular weight excluding hydrogens is 378 g/mol. The van der Waals surface area contributed by atoms with Gasteiger partial charge in [-0.1, -0.05) is 43.3 Å². The van der Waals surface area contributed by atoms with E-state index in [0.717, 1.165) is 63.1 Å². The zero-order valence-corrected chi connectivity index (χ0v) is 18.5. The average Bonchev–Trinajstić information content (AvgIpc) is 3.24. The molecule has 0 amide bonds. The van der Waals surface area contributed by atoms with Gasteiger partial charge < -0.3 is 19.9 Å². The fraction of sp³-hybridized carbons (Fsp3) is 0.565. The maximum Gasteiger partial charge on any atom is 0.191 e. The molecule has 0 bridgehead atoms. The van der Waals surface area contributed by atoms with E-state index in [-0.39, 0.29) is 0 Å². The molecule has 0 atom stereocenters. The fourth-order valence-electron chi connectivity index (χ4n) is 3.74. The molecule has 2 heterocycles. The Morgan fingerprint density at radius 3 is 2.57 bits per heavy atom. The highest BCUT2D eigenvalue weighted by Gasteiger charge is 2.13. The van der Waals surface area contributed by atoms with Gasteiger partial charge in [0.2, 0.25) is 0 Å². The van der Waals surface area contributed by atoms with Gasteiger partial charge in [-0.3, -0.25) is 9.89 Å². The molecule has 0 saturated carbocycles. The van der Waals surface area contributed by atoms with Gasteiger partial charge in [0.1, 0.15) is 0 Å². The maximum atomic E-state index is 5.49. The van der Waals surface area contributed by atoms with Crippen molar-refractivity contribution in [2.75, 3.05) is 33.4 Å². The molecule has 7 heteroatoms. The van der Waals surface area contributed by atoms with E-state index in [9.17, 15) is 0 Å². The first-order chi connectivity index (χ1) is 14.7. The van der Waals surface area contributed by atoms with Crippen LogP contribution < -0.4 is 10.6 Å². The highest BCUT2D eigenvalue weighted by Crippen LogP contribution is 2.22. The molecule has 1 aromatic carbocycles. The fourth-order valence-corrected chi connectivity index (χ4v) is 3.74. The summed E-state index contributed by atoms with van der Waals surface area (Å²) < 4.78 is 10.9. The lowest BCUT2D eigenvalue weighted by atomic mass is 9.99. The van der Waals surface area contributed by atoms with Crippen LogP contribution in [-0.2, 0) is 24.4 Å². The zero-order valence-electron chi connectivity index (χ0n) is 18.5. The Morgan fingerprint density at radius 1 is 1.10 bits per heavy atom. The van der Waals surface area contributed by atoms with Crippen molar-refractivity contribution in [3.63, 3.8) is 0 Å². The second-order valence-corrected chi connectivity index (χ2v) is 7.72. The molecule has 0 unspecified atom stereocenters. The van der Waals surface area contributed by atoms with Crippen molar-refractivity contribution in [2.45, 2.75) is 52.2 Å². The number of hydrogen-bond donors (Lipinski definition) is 2. The molecule has 2 N–H and O–H groups in total. The summed E-state index contributed by atoms with van der Waals surface area (Å²) in [5.74, 6) is 2.03. The number of nitrogens with one attached hydrogen (secondary N) is 2. The van der Waals surface area contributed by atoms with Crippen molar-refractivity contribution < 1.29 is 9.26 Å². The second kappa shape index (κ2) is 11.7. The predicted molar refractivity (Wildman–Crippen MR) is 119 cm³/mol. The average molecular weight is 414 g/mol. The van der Waals surface area contributed by atoms with Crippen LogP contribution in [0.5, 0.6) is 0 Å². The molecule has 1 saturated heterocycles. The summed E-state index contributed by atoms with van der Waals surface area (Å²) in [4.78, 5) is 6.75. The van der Waals surface area contributed by atoms with E-state index in [1.165, 1.54) is 11.1 Å². The summed E-state index contributed by atoms with van der Waals surface area (Å²) in [6.07, 6.45) is 2.15. The van der Waals surface area contributed by atoms with Crippen molar-refractivity contribution in [1.29, 1.82) is 0 Å².